The quantitative estimate of drug-likeness (QED) is 0.833. The number of sulfonamides is 1. The molecule has 2 heterocycles. The molecule has 1 unspecified atom stereocenters. The first kappa shape index (κ1) is 15.2. The predicted octanol–water partition coefficient (Wildman–Crippen LogP) is 0.817. The monoisotopic (exact) mass is 290 g/mol. The molecule has 0 saturated carbocycles. The van der Waals surface area contributed by atoms with E-state index in [0.29, 0.717) is 19.0 Å². The first-order valence-corrected chi connectivity index (χ1v) is 9.02. The molecular formula is C13H26N2O3S. The maximum absolute atomic E-state index is 11.6. The molecule has 0 aliphatic carbocycles. The lowest BCUT2D eigenvalue weighted by Crippen LogP contribution is -2.50. The second-order valence-corrected chi connectivity index (χ2v) is 8.17. The summed E-state index contributed by atoms with van der Waals surface area (Å²) in [7, 11) is -3.03. The number of nitrogens with one attached hydrogen (secondary N) is 1. The molecule has 0 amide bonds. The molecule has 0 radical (unpaired) electrons. The summed E-state index contributed by atoms with van der Waals surface area (Å²) in [6.45, 7) is 6.14. The molecule has 0 bridgehead atoms. The highest BCUT2D eigenvalue weighted by Crippen LogP contribution is 2.22. The third kappa shape index (κ3) is 4.41. The fourth-order valence-electron chi connectivity index (χ4n) is 2.88. The summed E-state index contributed by atoms with van der Waals surface area (Å²) in [6, 6.07) is 0. The standard InChI is InChI=1S/C13H26N2O3S/c1-13(5-8-18-9-6-13)14-10-12-4-3-7-15(11-12)19(2,16)17/h12,14H,3-11H2,1-2H3. The molecule has 6 heteroatoms. The van der Waals surface area contributed by atoms with Crippen LogP contribution in [-0.4, -0.2) is 57.4 Å². The Morgan fingerprint density at radius 1 is 1.37 bits per heavy atom. The van der Waals surface area contributed by atoms with Crippen LogP contribution in [0.15, 0.2) is 0 Å². The van der Waals surface area contributed by atoms with Crippen LogP contribution in [0.4, 0.5) is 0 Å². The van der Waals surface area contributed by atoms with E-state index in [1.165, 1.54) is 6.26 Å². The molecule has 2 aliphatic rings. The zero-order chi connectivity index (χ0) is 13.9. The van der Waals surface area contributed by atoms with Crippen molar-refractivity contribution in [1.82, 2.24) is 9.62 Å². The van der Waals surface area contributed by atoms with Crippen LogP contribution in [0.2, 0.25) is 0 Å². The molecule has 1 atom stereocenters. The van der Waals surface area contributed by atoms with Gasteiger partial charge in [-0.2, -0.15) is 0 Å². The summed E-state index contributed by atoms with van der Waals surface area (Å²) in [5.41, 5.74) is 0.158. The van der Waals surface area contributed by atoms with Gasteiger partial charge in [-0.1, -0.05) is 0 Å². The minimum atomic E-state index is -3.03. The average molecular weight is 290 g/mol. The Morgan fingerprint density at radius 2 is 2.05 bits per heavy atom. The van der Waals surface area contributed by atoms with Crippen molar-refractivity contribution < 1.29 is 13.2 Å². The van der Waals surface area contributed by atoms with Gasteiger partial charge in [0, 0.05) is 31.8 Å². The fourth-order valence-corrected chi connectivity index (χ4v) is 3.83. The zero-order valence-corrected chi connectivity index (χ0v) is 12.8. The van der Waals surface area contributed by atoms with E-state index < -0.39 is 10.0 Å². The van der Waals surface area contributed by atoms with Crippen LogP contribution < -0.4 is 5.32 Å². The third-order valence-corrected chi connectivity index (χ3v) is 5.63. The van der Waals surface area contributed by atoms with Crippen LogP contribution in [-0.2, 0) is 14.8 Å². The van der Waals surface area contributed by atoms with E-state index in [-0.39, 0.29) is 5.54 Å². The molecule has 0 spiro atoms. The van der Waals surface area contributed by atoms with Crippen molar-refractivity contribution in [3.05, 3.63) is 0 Å². The highest BCUT2D eigenvalue weighted by atomic mass is 32.2. The number of nitrogens with zero attached hydrogens (tertiary/aromatic N) is 1. The number of ether oxygens (including phenoxy) is 1. The molecule has 112 valence electrons. The van der Waals surface area contributed by atoms with E-state index >= 15 is 0 Å². The van der Waals surface area contributed by atoms with Gasteiger partial charge in [0.2, 0.25) is 10.0 Å². The second kappa shape index (κ2) is 6.08. The third-order valence-electron chi connectivity index (χ3n) is 4.36. The molecule has 2 rings (SSSR count). The number of piperidine rings is 1. The fraction of sp³-hybridized carbons (Fsp3) is 1.00. The van der Waals surface area contributed by atoms with E-state index in [4.69, 9.17) is 4.74 Å². The van der Waals surface area contributed by atoms with Gasteiger partial charge < -0.3 is 10.1 Å². The van der Waals surface area contributed by atoms with Crippen LogP contribution in [0.5, 0.6) is 0 Å². The van der Waals surface area contributed by atoms with Gasteiger partial charge in [0.1, 0.15) is 0 Å². The van der Waals surface area contributed by atoms with E-state index in [9.17, 15) is 8.42 Å². The Bertz CT molecular complexity index is 391. The second-order valence-electron chi connectivity index (χ2n) is 6.18. The van der Waals surface area contributed by atoms with Gasteiger partial charge in [-0.3, -0.25) is 0 Å². The number of hydrogen-bond donors (Lipinski definition) is 1. The zero-order valence-electron chi connectivity index (χ0n) is 12.0. The molecule has 2 aliphatic heterocycles. The molecule has 2 fully saturated rings. The van der Waals surface area contributed by atoms with Gasteiger partial charge in [-0.15, -0.1) is 0 Å². The van der Waals surface area contributed by atoms with Gasteiger partial charge in [-0.25, -0.2) is 12.7 Å². The van der Waals surface area contributed by atoms with Crippen LogP contribution >= 0.6 is 0 Å². The molecule has 19 heavy (non-hydrogen) atoms. The molecule has 0 aromatic rings. The van der Waals surface area contributed by atoms with Gasteiger partial charge in [0.15, 0.2) is 0 Å². The van der Waals surface area contributed by atoms with Gasteiger partial charge in [0.05, 0.1) is 6.26 Å². The molecule has 0 aromatic heterocycles. The number of hydrogen-bond acceptors (Lipinski definition) is 4. The van der Waals surface area contributed by atoms with E-state index in [1.54, 1.807) is 4.31 Å². The minimum absolute atomic E-state index is 0.158. The summed E-state index contributed by atoms with van der Waals surface area (Å²) >= 11 is 0. The largest absolute Gasteiger partial charge is 0.381 e. The van der Waals surface area contributed by atoms with Crippen molar-refractivity contribution in [2.45, 2.75) is 38.1 Å². The van der Waals surface area contributed by atoms with E-state index in [0.717, 1.165) is 45.4 Å². The van der Waals surface area contributed by atoms with Crippen molar-refractivity contribution in [3.8, 4) is 0 Å². The Labute approximate surface area is 116 Å². The molecular weight excluding hydrogens is 264 g/mol. The highest BCUT2D eigenvalue weighted by Gasteiger charge is 2.30. The maximum atomic E-state index is 11.6. The lowest BCUT2D eigenvalue weighted by atomic mass is 9.91. The Balaban J connectivity index is 1.82. The summed E-state index contributed by atoms with van der Waals surface area (Å²) in [6.07, 6.45) is 5.47. The normalized spacial score (nSPS) is 29.3. The minimum Gasteiger partial charge on any atom is -0.381 e. The first-order valence-electron chi connectivity index (χ1n) is 7.17. The van der Waals surface area contributed by atoms with Crippen LogP contribution in [0.3, 0.4) is 0 Å². The lowest BCUT2D eigenvalue weighted by molar-refractivity contribution is 0.0426. The molecule has 5 nitrogen and oxygen atoms in total. The summed E-state index contributed by atoms with van der Waals surface area (Å²) < 4.78 is 30.2. The Hall–Kier alpha value is -0.170. The van der Waals surface area contributed by atoms with Crippen molar-refractivity contribution in [2.24, 2.45) is 5.92 Å². The van der Waals surface area contributed by atoms with Crippen LogP contribution in [0.25, 0.3) is 0 Å². The molecule has 0 aromatic carbocycles. The highest BCUT2D eigenvalue weighted by molar-refractivity contribution is 7.88. The van der Waals surface area contributed by atoms with Gasteiger partial charge >= 0.3 is 0 Å². The van der Waals surface area contributed by atoms with E-state index in [1.807, 2.05) is 0 Å². The van der Waals surface area contributed by atoms with Crippen LogP contribution in [0, 0.1) is 5.92 Å². The summed E-state index contributed by atoms with van der Waals surface area (Å²) in [4.78, 5) is 0. The van der Waals surface area contributed by atoms with Crippen molar-refractivity contribution >= 4 is 10.0 Å². The summed E-state index contributed by atoms with van der Waals surface area (Å²) in [5, 5.41) is 3.64. The van der Waals surface area contributed by atoms with Crippen molar-refractivity contribution in [2.75, 3.05) is 39.1 Å². The summed E-state index contributed by atoms with van der Waals surface area (Å²) in [5.74, 6) is 0.433. The van der Waals surface area contributed by atoms with E-state index in [2.05, 4.69) is 12.2 Å². The molecule has 2 saturated heterocycles. The first-order chi connectivity index (χ1) is 8.89. The van der Waals surface area contributed by atoms with Gasteiger partial charge in [0.25, 0.3) is 0 Å². The van der Waals surface area contributed by atoms with Crippen molar-refractivity contribution in [1.29, 1.82) is 0 Å². The average Bonchev–Trinajstić information content (AvgIpc) is 2.37. The Kier molecular flexibility index (Phi) is 4.87. The smallest absolute Gasteiger partial charge is 0.211 e. The lowest BCUT2D eigenvalue weighted by Gasteiger charge is -2.38. The number of rotatable bonds is 4. The Morgan fingerprint density at radius 3 is 2.68 bits per heavy atom. The van der Waals surface area contributed by atoms with Gasteiger partial charge in [-0.05, 0) is 45.1 Å². The van der Waals surface area contributed by atoms with Crippen LogP contribution in [0.1, 0.15) is 32.6 Å². The molecule has 1 N–H and O–H groups in total. The topological polar surface area (TPSA) is 58.6 Å². The predicted molar refractivity (Wildman–Crippen MR) is 75.6 cm³/mol. The van der Waals surface area contributed by atoms with Crippen molar-refractivity contribution in [3.63, 3.8) is 0 Å². The SMILES string of the molecule is CC1(NCC2CCCN(S(C)(=O)=O)C2)CCOCC1. The maximum Gasteiger partial charge on any atom is 0.211 e.